The van der Waals surface area contributed by atoms with Crippen molar-refractivity contribution in [1.82, 2.24) is 9.97 Å². The quantitative estimate of drug-likeness (QED) is 0.896. The molecular weight excluding hydrogens is 228 g/mol. The highest BCUT2D eigenvalue weighted by Gasteiger charge is 2.02. The number of ether oxygens (including phenoxy) is 1. The summed E-state index contributed by atoms with van der Waals surface area (Å²) >= 11 is 0. The molecule has 0 saturated carbocycles. The number of hydrogen-bond donors (Lipinski definition) is 1. The van der Waals surface area contributed by atoms with Crippen LogP contribution in [-0.2, 0) is 0 Å². The molecule has 18 heavy (non-hydrogen) atoms. The highest BCUT2D eigenvalue weighted by atomic mass is 16.5. The summed E-state index contributed by atoms with van der Waals surface area (Å²) in [6.45, 7) is 3.95. The van der Waals surface area contributed by atoms with Crippen LogP contribution >= 0.6 is 0 Å². The zero-order valence-corrected chi connectivity index (χ0v) is 10.5. The number of rotatable bonds is 4. The van der Waals surface area contributed by atoms with E-state index in [2.05, 4.69) is 9.97 Å². The first-order chi connectivity index (χ1) is 8.65. The van der Waals surface area contributed by atoms with Crippen molar-refractivity contribution in [3.63, 3.8) is 0 Å². The Labute approximate surface area is 106 Å². The summed E-state index contributed by atoms with van der Waals surface area (Å²) in [6, 6.07) is 8.02. The van der Waals surface area contributed by atoms with E-state index < -0.39 is 6.10 Å². The number of aryl methyl sites for hydroxylation is 1. The molecule has 0 aliphatic rings. The van der Waals surface area contributed by atoms with Gasteiger partial charge in [-0.05, 0) is 13.8 Å². The lowest BCUT2D eigenvalue weighted by Crippen LogP contribution is -2.13. The van der Waals surface area contributed by atoms with Gasteiger partial charge in [0.15, 0.2) is 11.6 Å². The molecular formula is C14H16N2O2. The molecule has 0 bridgehead atoms. The van der Waals surface area contributed by atoms with Crippen LogP contribution in [0.2, 0.25) is 0 Å². The largest absolute Gasteiger partial charge is 0.488 e. The zero-order valence-electron chi connectivity index (χ0n) is 10.5. The van der Waals surface area contributed by atoms with Gasteiger partial charge in [0.25, 0.3) is 0 Å². The SMILES string of the molecule is Cc1ccc(-c2ncc(OCC(C)O)cn2)cc1. The fourth-order valence-electron chi connectivity index (χ4n) is 1.46. The summed E-state index contributed by atoms with van der Waals surface area (Å²) < 4.78 is 5.30. The van der Waals surface area contributed by atoms with Gasteiger partial charge in [-0.3, -0.25) is 0 Å². The number of hydrogen-bond acceptors (Lipinski definition) is 4. The number of aliphatic hydroxyl groups excluding tert-OH is 1. The second kappa shape index (κ2) is 5.60. The summed E-state index contributed by atoms with van der Waals surface area (Å²) in [7, 11) is 0. The van der Waals surface area contributed by atoms with Gasteiger partial charge in [0.05, 0.1) is 18.5 Å². The van der Waals surface area contributed by atoms with Crippen LogP contribution in [0.4, 0.5) is 0 Å². The fraction of sp³-hybridized carbons (Fsp3) is 0.286. The molecule has 1 aromatic carbocycles. The van der Waals surface area contributed by atoms with Crippen LogP contribution in [0.5, 0.6) is 5.75 Å². The van der Waals surface area contributed by atoms with Crippen molar-refractivity contribution in [2.75, 3.05) is 6.61 Å². The summed E-state index contributed by atoms with van der Waals surface area (Å²) in [5.74, 6) is 1.23. The standard InChI is InChI=1S/C14H16N2O2/c1-10-3-5-12(6-4-10)14-15-7-13(8-16-14)18-9-11(2)17/h3-8,11,17H,9H2,1-2H3. The zero-order chi connectivity index (χ0) is 13.0. The maximum absolute atomic E-state index is 9.11. The molecule has 4 heteroatoms. The third kappa shape index (κ3) is 3.28. The maximum atomic E-state index is 9.11. The Morgan fingerprint density at radius 1 is 1.17 bits per heavy atom. The van der Waals surface area contributed by atoms with Gasteiger partial charge in [-0.25, -0.2) is 9.97 Å². The molecule has 1 aromatic heterocycles. The van der Waals surface area contributed by atoms with Gasteiger partial charge in [0, 0.05) is 5.56 Å². The molecule has 0 amide bonds. The topological polar surface area (TPSA) is 55.2 Å². The van der Waals surface area contributed by atoms with Crippen molar-refractivity contribution in [3.8, 4) is 17.1 Å². The summed E-state index contributed by atoms with van der Waals surface area (Å²) in [5.41, 5.74) is 2.18. The summed E-state index contributed by atoms with van der Waals surface area (Å²) in [6.07, 6.45) is 2.73. The van der Waals surface area contributed by atoms with Gasteiger partial charge in [-0.15, -0.1) is 0 Å². The fourth-order valence-corrected chi connectivity index (χ4v) is 1.46. The third-order valence-corrected chi connectivity index (χ3v) is 2.43. The highest BCUT2D eigenvalue weighted by Crippen LogP contribution is 2.17. The second-order valence-corrected chi connectivity index (χ2v) is 4.27. The van der Waals surface area contributed by atoms with Crippen LogP contribution in [0.15, 0.2) is 36.7 Å². The van der Waals surface area contributed by atoms with Gasteiger partial charge in [-0.2, -0.15) is 0 Å². The number of benzene rings is 1. The molecule has 0 aliphatic carbocycles. The van der Waals surface area contributed by atoms with E-state index in [4.69, 9.17) is 9.84 Å². The average Bonchev–Trinajstić information content (AvgIpc) is 2.38. The van der Waals surface area contributed by atoms with Crippen molar-refractivity contribution in [2.24, 2.45) is 0 Å². The number of aromatic nitrogens is 2. The Morgan fingerprint density at radius 2 is 1.78 bits per heavy atom. The molecule has 0 fully saturated rings. The Morgan fingerprint density at radius 3 is 2.33 bits per heavy atom. The molecule has 0 aliphatic heterocycles. The lowest BCUT2D eigenvalue weighted by Gasteiger charge is -2.07. The van der Waals surface area contributed by atoms with Crippen LogP contribution in [0.1, 0.15) is 12.5 Å². The Kier molecular flexibility index (Phi) is 3.89. The minimum Gasteiger partial charge on any atom is -0.488 e. The van der Waals surface area contributed by atoms with Crippen LogP contribution in [0.25, 0.3) is 11.4 Å². The molecule has 2 rings (SSSR count). The lowest BCUT2D eigenvalue weighted by molar-refractivity contribution is 0.122. The first kappa shape index (κ1) is 12.5. The van der Waals surface area contributed by atoms with E-state index in [0.717, 1.165) is 5.56 Å². The van der Waals surface area contributed by atoms with E-state index >= 15 is 0 Å². The van der Waals surface area contributed by atoms with Gasteiger partial charge < -0.3 is 9.84 Å². The smallest absolute Gasteiger partial charge is 0.159 e. The summed E-state index contributed by atoms with van der Waals surface area (Å²) in [5, 5.41) is 9.11. The van der Waals surface area contributed by atoms with E-state index in [1.165, 1.54) is 5.56 Å². The van der Waals surface area contributed by atoms with Gasteiger partial charge in [0.1, 0.15) is 6.61 Å². The normalized spacial score (nSPS) is 12.2. The predicted octanol–water partition coefficient (Wildman–Crippen LogP) is 2.21. The van der Waals surface area contributed by atoms with E-state index in [-0.39, 0.29) is 6.61 Å². The van der Waals surface area contributed by atoms with Crippen LogP contribution < -0.4 is 4.74 Å². The Bertz CT molecular complexity index is 492. The molecule has 4 nitrogen and oxygen atoms in total. The molecule has 0 radical (unpaired) electrons. The van der Waals surface area contributed by atoms with E-state index in [1.54, 1.807) is 19.3 Å². The van der Waals surface area contributed by atoms with E-state index in [1.807, 2.05) is 31.2 Å². The molecule has 1 N–H and O–H groups in total. The van der Waals surface area contributed by atoms with Crippen molar-refractivity contribution in [3.05, 3.63) is 42.2 Å². The molecule has 0 spiro atoms. The van der Waals surface area contributed by atoms with Crippen LogP contribution in [-0.4, -0.2) is 27.8 Å². The third-order valence-electron chi connectivity index (χ3n) is 2.43. The number of aliphatic hydroxyl groups is 1. The first-order valence-electron chi connectivity index (χ1n) is 5.85. The maximum Gasteiger partial charge on any atom is 0.159 e. The molecule has 94 valence electrons. The van der Waals surface area contributed by atoms with Crippen LogP contribution in [0, 0.1) is 6.92 Å². The molecule has 0 saturated heterocycles. The van der Waals surface area contributed by atoms with E-state index in [0.29, 0.717) is 11.6 Å². The monoisotopic (exact) mass is 244 g/mol. The summed E-state index contributed by atoms with van der Waals surface area (Å²) in [4.78, 5) is 8.48. The molecule has 1 unspecified atom stereocenters. The predicted molar refractivity (Wildman–Crippen MR) is 69.4 cm³/mol. The minimum absolute atomic E-state index is 0.243. The first-order valence-corrected chi connectivity index (χ1v) is 5.85. The average molecular weight is 244 g/mol. The van der Waals surface area contributed by atoms with Crippen molar-refractivity contribution < 1.29 is 9.84 Å². The second-order valence-electron chi connectivity index (χ2n) is 4.27. The van der Waals surface area contributed by atoms with Crippen molar-refractivity contribution in [2.45, 2.75) is 20.0 Å². The molecule has 2 aromatic rings. The van der Waals surface area contributed by atoms with Gasteiger partial charge in [0.2, 0.25) is 0 Å². The van der Waals surface area contributed by atoms with Crippen molar-refractivity contribution >= 4 is 0 Å². The minimum atomic E-state index is -0.498. The van der Waals surface area contributed by atoms with Crippen LogP contribution in [0.3, 0.4) is 0 Å². The molecule has 1 heterocycles. The Balaban J connectivity index is 2.09. The lowest BCUT2D eigenvalue weighted by atomic mass is 10.1. The highest BCUT2D eigenvalue weighted by molar-refractivity contribution is 5.55. The van der Waals surface area contributed by atoms with Gasteiger partial charge in [-0.1, -0.05) is 29.8 Å². The van der Waals surface area contributed by atoms with E-state index in [9.17, 15) is 0 Å². The van der Waals surface area contributed by atoms with Crippen molar-refractivity contribution in [1.29, 1.82) is 0 Å². The van der Waals surface area contributed by atoms with Gasteiger partial charge >= 0.3 is 0 Å². The Hall–Kier alpha value is -1.94. The number of nitrogens with zero attached hydrogens (tertiary/aromatic N) is 2. The molecule has 1 atom stereocenters.